The molecule has 50 valence electrons. The highest BCUT2D eigenvalue weighted by Gasteiger charge is 1.87. The van der Waals surface area contributed by atoms with E-state index in [0.29, 0.717) is 6.42 Å². The van der Waals surface area contributed by atoms with E-state index in [1.807, 2.05) is 30.3 Å². The van der Waals surface area contributed by atoms with Crippen molar-refractivity contribution in [3.8, 4) is 6.07 Å². The van der Waals surface area contributed by atoms with Crippen molar-refractivity contribution in [2.45, 2.75) is 12.8 Å². The molecule has 0 amide bonds. The molecule has 0 aliphatic carbocycles. The first-order valence-corrected chi connectivity index (χ1v) is 3.34. The van der Waals surface area contributed by atoms with Crippen LogP contribution in [0.4, 0.5) is 0 Å². The molecule has 0 unspecified atom stereocenters. The first-order chi connectivity index (χ1) is 4.93. The lowest BCUT2D eigenvalue weighted by molar-refractivity contribution is 1.01. The van der Waals surface area contributed by atoms with Gasteiger partial charge in [-0.1, -0.05) is 30.3 Å². The molecule has 0 fully saturated rings. The number of hydrogen-bond donors (Lipinski definition) is 0. The maximum Gasteiger partial charge on any atom is 0.0625 e. The third-order valence-corrected chi connectivity index (χ3v) is 1.37. The average Bonchev–Trinajstić information content (AvgIpc) is 2.03. The van der Waals surface area contributed by atoms with Crippen molar-refractivity contribution in [1.82, 2.24) is 0 Å². The van der Waals surface area contributed by atoms with Gasteiger partial charge < -0.3 is 0 Å². The van der Waals surface area contributed by atoms with E-state index in [1.165, 1.54) is 5.56 Å². The summed E-state index contributed by atoms with van der Waals surface area (Å²) in [4.78, 5) is 0. The molecule has 1 rings (SSSR count). The van der Waals surface area contributed by atoms with Gasteiger partial charge in [-0.25, -0.2) is 0 Å². The van der Waals surface area contributed by atoms with Crippen molar-refractivity contribution < 1.29 is 0 Å². The van der Waals surface area contributed by atoms with E-state index in [2.05, 4.69) is 6.07 Å². The van der Waals surface area contributed by atoms with Gasteiger partial charge in [0, 0.05) is 6.42 Å². The van der Waals surface area contributed by atoms with Gasteiger partial charge in [0.1, 0.15) is 0 Å². The lowest BCUT2D eigenvalue weighted by Crippen LogP contribution is -1.80. The minimum Gasteiger partial charge on any atom is -0.198 e. The fraction of sp³-hybridized carbons (Fsp3) is 0.222. The number of nitrogens with zero attached hydrogens (tertiary/aromatic N) is 1. The van der Waals surface area contributed by atoms with Gasteiger partial charge in [0.15, 0.2) is 0 Å². The predicted octanol–water partition coefficient (Wildman–Crippen LogP) is 2.14. The summed E-state index contributed by atoms with van der Waals surface area (Å²) in [5.41, 5.74) is 1.24. The molecule has 1 nitrogen and oxygen atoms in total. The molecule has 0 bridgehead atoms. The summed E-state index contributed by atoms with van der Waals surface area (Å²) >= 11 is 0. The van der Waals surface area contributed by atoms with Crippen LogP contribution in [0.2, 0.25) is 0 Å². The van der Waals surface area contributed by atoms with Crippen LogP contribution in [0.1, 0.15) is 12.0 Å². The minimum absolute atomic E-state index is 0.615. The van der Waals surface area contributed by atoms with Crippen LogP contribution in [0, 0.1) is 11.3 Å². The van der Waals surface area contributed by atoms with Gasteiger partial charge >= 0.3 is 0 Å². The van der Waals surface area contributed by atoms with E-state index in [1.54, 1.807) is 0 Å². The molecule has 1 aromatic carbocycles. The molecule has 10 heavy (non-hydrogen) atoms. The van der Waals surface area contributed by atoms with Gasteiger partial charge in [-0.15, -0.1) is 0 Å². The zero-order valence-corrected chi connectivity index (χ0v) is 5.75. The van der Waals surface area contributed by atoms with Crippen molar-refractivity contribution in [2.75, 3.05) is 0 Å². The van der Waals surface area contributed by atoms with Crippen molar-refractivity contribution in [3.63, 3.8) is 0 Å². The summed E-state index contributed by atoms with van der Waals surface area (Å²) in [6.45, 7) is 0. The van der Waals surface area contributed by atoms with Crippen molar-refractivity contribution in [2.24, 2.45) is 0 Å². The Bertz CT molecular complexity index is 220. The zero-order chi connectivity index (χ0) is 7.23. The SMILES string of the molecule is N#[13C]CCc1ccccc1. The Hall–Kier alpha value is -1.29. The molecule has 0 aromatic heterocycles. The molecule has 0 radical (unpaired) electrons. The Kier molecular flexibility index (Phi) is 2.51. The highest BCUT2D eigenvalue weighted by atomic mass is 14.4. The van der Waals surface area contributed by atoms with E-state index < -0.39 is 0 Å². The lowest BCUT2D eigenvalue weighted by Gasteiger charge is -1.92. The van der Waals surface area contributed by atoms with Crippen LogP contribution in [-0.4, -0.2) is 0 Å². The highest BCUT2D eigenvalue weighted by Crippen LogP contribution is 2.00. The van der Waals surface area contributed by atoms with Gasteiger partial charge in [0.05, 0.1) is 6.07 Å². The quantitative estimate of drug-likeness (QED) is 0.565. The number of hydrogen-bond acceptors (Lipinski definition) is 1. The normalized spacial score (nSPS) is 8.70. The monoisotopic (exact) mass is 132 g/mol. The highest BCUT2D eigenvalue weighted by molar-refractivity contribution is 5.15. The van der Waals surface area contributed by atoms with Crippen LogP contribution in [0.15, 0.2) is 30.3 Å². The lowest BCUT2D eigenvalue weighted by atomic mass is 10.1. The second kappa shape index (κ2) is 3.68. The number of benzene rings is 1. The second-order valence-corrected chi connectivity index (χ2v) is 2.14. The maximum atomic E-state index is 8.28. The third kappa shape index (κ3) is 1.91. The summed E-state index contributed by atoms with van der Waals surface area (Å²) in [6.07, 6.45) is 1.49. The molecule has 0 spiro atoms. The first kappa shape index (κ1) is 6.82. The van der Waals surface area contributed by atoms with Gasteiger partial charge in [-0.05, 0) is 12.0 Å². The number of nitriles is 1. The van der Waals surface area contributed by atoms with Crippen LogP contribution in [0.3, 0.4) is 0 Å². The molecular weight excluding hydrogens is 123 g/mol. The van der Waals surface area contributed by atoms with E-state index in [9.17, 15) is 0 Å². The second-order valence-electron chi connectivity index (χ2n) is 2.14. The minimum atomic E-state index is 0.615. The van der Waals surface area contributed by atoms with E-state index >= 15 is 0 Å². The Morgan fingerprint density at radius 1 is 1.20 bits per heavy atom. The van der Waals surface area contributed by atoms with Gasteiger partial charge in [-0.3, -0.25) is 0 Å². The van der Waals surface area contributed by atoms with Crippen molar-refractivity contribution in [1.29, 1.82) is 5.26 Å². The summed E-state index contributed by atoms with van der Waals surface area (Å²) in [7, 11) is 0. The van der Waals surface area contributed by atoms with E-state index in [-0.39, 0.29) is 0 Å². The van der Waals surface area contributed by atoms with Gasteiger partial charge in [0.2, 0.25) is 0 Å². The standard InChI is InChI=1S/C9H9N/c10-8-4-7-9-5-2-1-3-6-9/h1-3,5-6H,4,7H2/i8+1. The average molecular weight is 132 g/mol. The van der Waals surface area contributed by atoms with Gasteiger partial charge in [-0.2, -0.15) is 5.26 Å². The van der Waals surface area contributed by atoms with Crippen LogP contribution < -0.4 is 0 Å². The summed E-state index contributed by atoms with van der Waals surface area (Å²) < 4.78 is 0. The summed E-state index contributed by atoms with van der Waals surface area (Å²) in [5, 5.41) is 8.28. The van der Waals surface area contributed by atoms with Crippen molar-refractivity contribution in [3.05, 3.63) is 35.9 Å². The topological polar surface area (TPSA) is 23.8 Å². The predicted molar refractivity (Wildman–Crippen MR) is 40.4 cm³/mol. The van der Waals surface area contributed by atoms with Crippen LogP contribution in [-0.2, 0) is 6.42 Å². The Morgan fingerprint density at radius 3 is 2.50 bits per heavy atom. The molecule has 0 saturated carbocycles. The maximum absolute atomic E-state index is 8.28. The zero-order valence-electron chi connectivity index (χ0n) is 5.75. The Balaban J connectivity index is 2.52. The molecule has 0 heterocycles. The summed E-state index contributed by atoms with van der Waals surface area (Å²) in [6, 6.07) is 12.2. The molecule has 0 saturated heterocycles. The molecule has 0 atom stereocenters. The van der Waals surface area contributed by atoms with Crippen molar-refractivity contribution >= 4 is 0 Å². The first-order valence-electron chi connectivity index (χ1n) is 3.34. The molecular formula is C9H9N. The molecule has 0 aliphatic rings. The van der Waals surface area contributed by atoms with E-state index in [0.717, 1.165) is 6.42 Å². The molecule has 1 heteroatoms. The fourth-order valence-electron chi connectivity index (χ4n) is 0.845. The molecule has 0 N–H and O–H groups in total. The van der Waals surface area contributed by atoms with Crippen LogP contribution in [0.5, 0.6) is 0 Å². The smallest absolute Gasteiger partial charge is 0.0625 e. The summed E-state index contributed by atoms with van der Waals surface area (Å²) in [5.74, 6) is 0. The Morgan fingerprint density at radius 2 is 1.90 bits per heavy atom. The van der Waals surface area contributed by atoms with Crippen LogP contribution >= 0.6 is 0 Å². The largest absolute Gasteiger partial charge is 0.198 e. The number of aryl methyl sites for hydroxylation is 1. The fourth-order valence-corrected chi connectivity index (χ4v) is 0.845. The number of rotatable bonds is 2. The van der Waals surface area contributed by atoms with E-state index in [4.69, 9.17) is 5.26 Å². The molecule has 1 aromatic rings. The molecule has 0 aliphatic heterocycles. The van der Waals surface area contributed by atoms with Crippen LogP contribution in [0.25, 0.3) is 0 Å². The third-order valence-electron chi connectivity index (χ3n) is 1.37. The van der Waals surface area contributed by atoms with Gasteiger partial charge in [0.25, 0.3) is 0 Å². The Labute approximate surface area is 60.9 Å².